The average Bonchev–Trinajstić information content (AvgIpc) is 2.45. The minimum absolute atomic E-state index is 0.131. The van der Waals surface area contributed by atoms with Crippen LogP contribution >= 0.6 is 0 Å². The molecule has 0 radical (unpaired) electrons. The summed E-state index contributed by atoms with van der Waals surface area (Å²) >= 11 is 0. The van der Waals surface area contributed by atoms with Crippen LogP contribution < -0.4 is 0 Å². The van der Waals surface area contributed by atoms with Crippen LogP contribution in [0.1, 0.15) is 26.7 Å². The van der Waals surface area contributed by atoms with Crippen LogP contribution in [-0.4, -0.2) is 48.6 Å². The lowest BCUT2D eigenvalue weighted by molar-refractivity contribution is 0.229. The molecule has 1 rings (SSSR count). The molecule has 1 aliphatic rings. The van der Waals surface area contributed by atoms with E-state index < -0.39 is 0 Å². The first-order valence-electron chi connectivity index (χ1n) is 5.67. The van der Waals surface area contributed by atoms with Gasteiger partial charge in [0, 0.05) is 19.6 Å². The zero-order valence-corrected chi connectivity index (χ0v) is 9.37. The Bertz CT molecular complexity index is 197. The Morgan fingerprint density at radius 1 is 1.21 bits per heavy atom. The second-order valence-corrected chi connectivity index (χ2v) is 3.88. The van der Waals surface area contributed by atoms with Crippen LogP contribution in [0.2, 0.25) is 0 Å². The Kier molecular flexibility index (Phi) is 4.92. The minimum Gasteiger partial charge on any atom is -0.302 e. The summed E-state index contributed by atoms with van der Waals surface area (Å²) in [5.74, 6) is 0. The van der Waals surface area contributed by atoms with Crippen LogP contribution in [0.5, 0.6) is 0 Å². The molecule has 3 nitrogen and oxygen atoms in total. The molecule has 0 aromatic carbocycles. The van der Waals surface area contributed by atoms with E-state index in [-0.39, 0.29) is 6.04 Å². The molecule has 1 saturated heterocycles. The third kappa shape index (κ3) is 2.97. The summed E-state index contributed by atoms with van der Waals surface area (Å²) in [6.45, 7) is 9.89. The maximum absolute atomic E-state index is 8.99. The molecule has 0 aliphatic carbocycles. The molecule has 80 valence electrons. The summed E-state index contributed by atoms with van der Waals surface area (Å²) in [7, 11) is 0. The van der Waals surface area contributed by atoms with Gasteiger partial charge in [-0.15, -0.1) is 0 Å². The molecule has 0 saturated carbocycles. The summed E-state index contributed by atoms with van der Waals surface area (Å²) in [6, 6.07) is 2.52. The van der Waals surface area contributed by atoms with Crippen molar-refractivity contribution in [1.29, 1.82) is 5.26 Å². The van der Waals surface area contributed by atoms with E-state index in [1.54, 1.807) is 0 Å². The molecule has 14 heavy (non-hydrogen) atoms. The van der Waals surface area contributed by atoms with Crippen molar-refractivity contribution < 1.29 is 0 Å². The van der Waals surface area contributed by atoms with Crippen LogP contribution in [0, 0.1) is 11.3 Å². The van der Waals surface area contributed by atoms with E-state index in [9.17, 15) is 0 Å². The van der Waals surface area contributed by atoms with Gasteiger partial charge in [-0.05, 0) is 25.9 Å². The number of hydrogen-bond donors (Lipinski definition) is 0. The van der Waals surface area contributed by atoms with Gasteiger partial charge < -0.3 is 4.90 Å². The number of rotatable bonds is 3. The largest absolute Gasteiger partial charge is 0.302 e. The highest BCUT2D eigenvalue weighted by molar-refractivity contribution is 4.91. The van der Waals surface area contributed by atoms with E-state index in [4.69, 9.17) is 5.26 Å². The number of nitriles is 1. The summed E-state index contributed by atoms with van der Waals surface area (Å²) in [6.07, 6.45) is 2.15. The fourth-order valence-corrected chi connectivity index (χ4v) is 2.05. The zero-order valence-electron chi connectivity index (χ0n) is 9.37. The first kappa shape index (κ1) is 11.5. The molecule has 0 amide bonds. The van der Waals surface area contributed by atoms with E-state index in [2.05, 4.69) is 29.7 Å². The Morgan fingerprint density at radius 2 is 2.00 bits per heavy atom. The van der Waals surface area contributed by atoms with Crippen LogP contribution in [0.25, 0.3) is 0 Å². The van der Waals surface area contributed by atoms with Crippen molar-refractivity contribution >= 4 is 0 Å². The number of hydrogen-bond acceptors (Lipinski definition) is 3. The minimum atomic E-state index is 0.131. The smallest absolute Gasteiger partial charge is 0.0975 e. The number of nitrogens with zero attached hydrogens (tertiary/aromatic N) is 3. The fourth-order valence-electron chi connectivity index (χ4n) is 2.05. The van der Waals surface area contributed by atoms with Crippen molar-refractivity contribution in [3.63, 3.8) is 0 Å². The summed E-state index contributed by atoms with van der Waals surface area (Å²) in [5.41, 5.74) is 0. The quantitative estimate of drug-likeness (QED) is 0.680. The predicted octanol–water partition coefficient (Wildman–Crippen LogP) is 1.32. The van der Waals surface area contributed by atoms with Crippen molar-refractivity contribution in [2.75, 3.05) is 32.7 Å². The van der Waals surface area contributed by atoms with Gasteiger partial charge in [0.25, 0.3) is 0 Å². The van der Waals surface area contributed by atoms with Crippen LogP contribution in [-0.2, 0) is 0 Å². The molecule has 0 N–H and O–H groups in total. The maximum atomic E-state index is 8.99. The lowest BCUT2D eigenvalue weighted by Gasteiger charge is -2.24. The molecule has 0 spiro atoms. The molecule has 3 heteroatoms. The Hall–Kier alpha value is -0.590. The molecule has 1 aliphatic heterocycles. The molecular weight excluding hydrogens is 174 g/mol. The van der Waals surface area contributed by atoms with Crippen molar-refractivity contribution in [2.45, 2.75) is 32.7 Å². The second kappa shape index (κ2) is 6.00. The van der Waals surface area contributed by atoms with Gasteiger partial charge in [0.1, 0.15) is 0 Å². The lowest BCUT2D eigenvalue weighted by atomic mass is 10.2. The molecule has 0 aromatic rings. The van der Waals surface area contributed by atoms with Gasteiger partial charge in [0.15, 0.2) is 0 Å². The summed E-state index contributed by atoms with van der Waals surface area (Å²) in [4.78, 5) is 4.79. The molecule has 1 heterocycles. The first-order chi connectivity index (χ1) is 6.81. The van der Waals surface area contributed by atoms with Gasteiger partial charge in [-0.1, -0.05) is 13.8 Å². The Labute approximate surface area is 87.3 Å². The summed E-state index contributed by atoms with van der Waals surface area (Å²) in [5, 5.41) is 8.99. The molecule has 0 aromatic heterocycles. The predicted molar refractivity (Wildman–Crippen MR) is 58.0 cm³/mol. The standard InChI is InChI=1S/C11H21N3/c1-3-11(10-12)14-7-5-6-13(4-2)8-9-14/h11H,3-9H2,1-2H3. The normalized spacial score (nSPS) is 22.6. The van der Waals surface area contributed by atoms with Gasteiger partial charge in [-0.2, -0.15) is 5.26 Å². The van der Waals surface area contributed by atoms with Crippen LogP contribution in [0.3, 0.4) is 0 Å². The first-order valence-corrected chi connectivity index (χ1v) is 5.67. The van der Waals surface area contributed by atoms with Crippen molar-refractivity contribution in [3.05, 3.63) is 0 Å². The second-order valence-electron chi connectivity index (χ2n) is 3.88. The lowest BCUT2D eigenvalue weighted by Crippen LogP contribution is -2.37. The molecule has 1 fully saturated rings. The van der Waals surface area contributed by atoms with Gasteiger partial charge in [0.2, 0.25) is 0 Å². The summed E-state index contributed by atoms with van der Waals surface area (Å²) < 4.78 is 0. The van der Waals surface area contributed by atoms with E-state index >= 15 is 0 Å². The monoisotopic (exact) mass is 195 g/mol. The highest BCUT2D eigenvalue weighted by Gasteiger charge is 2.19. The van der Waals surface area contributed by atoms with E-state index in [0.717, 1.165) is 32.6 Å². The zero-order chi connectivity index (χ0) is 10.4. The van der Waals surface area contributed by atoms with Gasteiger partial charge in [0.05, 0.1) is 12.1 Å². The Morgan fingerprint density at radius 3 is 2.57 bits per heavy atom. The van der Waals surface area contributed by atoms with Crippen molar-refractivity contribution in [3.8, 4) is 6.07 Å². The highest BCUT2D eigenvalue weighted by Crippen LogP contribution is 2.08. The fraction of sp³-hybridized carbons (Fsp3) is 0.909. The Balaban J connectivity index is 2.45. The molecule has 0 bridgehead atoms. The van der Waals surface area contributed by atoms with Crippen LogP contribution in [0.15, 0.2) is 0 Å². The van der Waals surface area contributed by atoms with Gasteiger partial charge in [-0.25, -0.2) is 0 Å². The molecule has 1 unspecified atom stereocenters. The third-order valence-electron chi connectivity index (χ3n) is 3.05. The highest BCUT2D eigenvalue weighted by atomic mass is 15.2. The van der Waals surface area contributed by atoms with Crippen molar-refractivity contribution in [1.82, 2.24) is 9.80 Å². The number of likely N-dealkylation sites (N-methyl/N-ethyl adjacent to an activating group) is 1. The van der Waals surface area contributed by atoms with E-state index in [0.29, 0.717) is 0 Å². The maximum Gasteiger partial charge on any atom is 0.0975 e. The van der Waals surface area contributed by atoms with E-state index in [1.165, 1.54) is 13.0 Å². The van der Waals surface area contributed by atoms with Gasteiger partial charge in [-0.3, -0.25) is 4.90 Å². The van der Waals surface area contributed by atoms with Gasteiger partial charge >= 0.3 is 0 Å². The SMILES string of the molecule is CCC(C#N)N1CCCN(CC)CC1. The topological polar surface area (TPSA) is 30.3 Å². The van der Waals surface area contributed by atoms with Crippen molar-refractivity contribution in [2.24, 2.45) is 0 Å². The average molecular weight is 195 g/mol. The third-order valence-corrected chi connectivity index (χ3v) is 3.05. The van der Waals surface area contributed by atoms with E-state index in [1.807, 2.05) is 0 Å². The van der Waals surface area contributed by atoms with Crippen LogP contribution in [0.4, 0.5) is 0 Å². The molecular formula is C11H21N3. The molecule has 1 atom stereocenters.